The topological polar surface area (TPSA) is 63.6 Å². The summed E-state index contributed by atoms with van der Waals surface area (Å²) in [6.07, 6.45) is 1.55. The SMILES string of the molecule is COC(=O)/C=C\C(=O)O.[SnH2]. The molecule has 0 aliphatic rings. The minimum absolute atomic E-state index is 0. The van der Waals surface area contributed by atoms with Crippen LogP contribution < -0.4 is 0 Å². The zero-order chi connectivity index (χ0) is 7.28. The minimum atomic E-state index is -1.17. The second-order valence-corrected chi connectivity index (χ2v) is 1.19. The predicted octanol–water partition coefficient (Wildman–Crippen LogP) is -1.12. The van der Waals surface area contributed by atoms with E-state index in [1.165, 1.54) is 7.11 Å². The van der Waals surface area contributed by atoms with Gasteiger partial charge in [0, 0.05) is 12.2 Å². The number of carboxylic acid groups (broad SMARTS) is 1. The average molecular weight is 251 g/mol. The van der Waals surface area contributed by atoms with Crippen molar-refractivity contribution in [2.24, 2.45) is 0 Å². The van der Waals surface area contributed by atoms with E-state index in [1.807, 2.05) is 0 Å². The first kappa shape index (κ1) is 12.2. The molecule has 0 aromatic heterocycles. The van der Waals surface area contributed by atoms with Crippen LogP contribution in [0.25, 0.3) is 0 Å². The molecule has 4 nitrogen and oxygen atoms in total. The van der Waals surface area contributed by atoms with Crippen LogP contribution in [0.4, 0.5) is 0 Å². The molecule has 0 fully saturated rings. The third-order valence-electron chi connectivity index (χ3n) is 0.563. The molecule has 0 atom stereocenters. The Hall–Kier alpha value is -0.521. The molecular formula is C5H8O4Sn. The number of carboxylic acids is 1. The van der Waals surface area contributed by atoms with Crippen LogP contribution in [0, 0.1) is 0 Å². The van der Waals surface area contributed by atoms with Gasteiger partial charge in [-0.05, 0) is 0 Å². The summed E-state index contributed by atoms with van der Waals surface area (Å²) in [6.45, 7) is 0. The molecule has 0 bridgehead atoms. The van der Waals surface area contributed by atoms with Crippen LogP contribution in [-0.4, -0.2) is 48.1 Å². The summed E-state index contributed by atoms with van der Waals surface area (Å²) in [5, 5.41) is 7.96. The van der Waals surface area contributed by atoms with E-state index in [2.05, 4.69) is 4.74 Å². The quantitative estimate of drug-likeness (QED) is 0.383. The Labute approximate surface area is 74.8 Å². The molecule has 0 saturated carbocycles. The standard InChI is InChI=1S/C5H6O4.Sn.2H/c1-9-5(8)3-2-4(6)7;;;/h2-3H,1H3,(H,6,7);;;/b3-2-;;;. The summed E-state index contributed by atoms with van der Waals surface area (Å²) in [6, 6.07) is 0. The van der Waals surface area contributed by atoms with Crippen LogP contribution in [0.15, 0.2) is 12.2 Å². The van der Waals surface area contributed by atoms with Crippen molar-refractivity contribution in [3.63, 3.8) is 0 Å². The number of carbonyl (C=O) groups excluding carboxylic acids is 1. The Morgan fingerprint density at radius 2 is 1.90 bits per heavy atom. The molecule has 0 rings (SSSR count). The summed E-state index contributed by atoms with van der Waals surface area (Å²) >= 11 is 0. The second kappa shape index (κ2) is 6.60. The Kier molecular flexibility index (Phi) is 8.04. The average Bonchev–Trinajstić information content (AvgIpc) is 1.83. The van der Waals surface area contributed by atoms with Crippen LogP contribution in [0.3, 0.4) is 0 Å². The van der Waals surface area contributed by atoms with Crippen molar-refractivity contribution in [2.75, 3.05) is 7.11 Å². The fourth-order valence-electron chi connectivity index (χ4n) is 0.207. The molecule has 0 aromatic carbocycles. The molecule has 0 saturated heterocycles. The summed E-state index contributed by atoms with van der Waals surface area (Å²) < 4.78 is 4.11. The monoisotopic (exact) mass is 252 g/mol. The predicted molar refractivity (Wildman–Crippen MR) is 37.3 cm³/mol. The van der Waals surface area contributed by atoms with E-state index >= 15 is 0 Å². The van der Waals surface area contributed by atoms with Gasteiger partial charge in [-0.3, -0.25) is 0 Å². The van der Waals surface area contributed by atoms with Gasteiger partial charge in [-0.1, -0.05) is 0 Å². The molecule has 56 valence electrons. The second-order valence-electron chi connectivity index (χ2n) is 1.19. The molecule has 0 amide bonds. The number of hydrogen-bond donors (Lipinski definition) is 1. The Morgan fingerprint density at radius 1 is 1.40 bits per heavy atom. The Morgan fingerprint density at radius 3 is 2.20 bits per heavy atom. The third-order valence-corrected chi connectivity index (χ3v) is 0.563. The molecule has 1 N–H and O–H groups in total. The van der Waals surface area contributed by atoms with Crippen molar-refractivity contribution < 1.29 is 19.4 Å². The number of methoxy groups -OCH3 is 1. The summed E-state index contributed by atoms with van der Waals surface area (Å²) in [5.41, 5.74) is 0. The zero-order valence-corrected chi connectivity index (χ0v) is 9.57. The van der Waals surface area contributed by atoms with E-state index in [0.717, 1.165) is 6.08 Å². The number of hydrogen-bond acceptors (Lipinski definition) is 3. The molecule has 0 unspecified atom stereocenters. The van der Waals surface area contributed by atoms with E-state index in [1.54, 1.807) is 0 Å². The van der Waals surface area contributed by atoms with Gasteiger partial charge in [-0.15, -0.1) is 0 Å². The van der Waals surface area contributed by atoms with Gasteiger partial charge in [-0.25, -0.2) is 9.59 Å². The number of aliphatic carboxylic acids is 1. The molecule has 0 spiro atoms. The first-order valence-corrected chi connectivity index (χ1v) is 2.15. The van der Waals surface area contributed by atoms with E-state index < -0.39 is 11.9 Å². The number of esters is 1. The van der Waals surface area contributed by atoms with Gasteiger partial charge < -0.3 is 9.84 Å². The molecule has 10 heavy (non-hydrogen) atoms. The van der Waals surface area contributed by atoms with E-state index in [9.17, 15) is 9.59 Å². The molecule has 0 aliphatic heterocycles. The summed E-state index contributed by atoms with van der Waals surface area (Å²) in [5.74, 6) is -1.84. The number of ether oxygens (including phenoxy) is 1. The third kappa shape index (κ3) is 7.48. The summed E-state index contributed by atoms with van der Waals surface area (Å²) in [4.78, 5) is 19.9. The van der Waals surface area contributed by atoms with Crippen molar-refractivity contribution >= 4 is 35.8 Å². The Balaban J connectivity index is 0. The molecule has 2 radical (unpaired) electrons. The maximum absolute atomic E-state index is 10.1. The fourth-order valence-corrected chi connectivity index (χ4v) is 0.207. The van der Waals surface area contributed by atoms with Crippen LogP contribution >= 0.6 is 0 Å². The van der Waals surface area contributed by atoms with Gasteiger partial charge in [0.05, 0.1) is 7.11 Å². The zero-order valence-electron chi connectivity index (χ0n) is 5.53. The summed E-state index contributed by atoms with van der Waals surface area (Å²) in [7, 11) is 1.18. The van der Waals surface area contributed by atoms with E-state index in [4.69, 9.17) is 5.11 Å². The first-order valence-electron chi connectivity index (χ1n) is 2.15. The van der Waals surface area contributed by atoms with E-state index in [-0.39, 0.29) is 23.9 Å². The van der Waals surface area contributed by atoms with Gasteiger partial charge in [0.1, 0.15) is 0 Å². The molecule has 0 aromatic rings. The van der Waals surface area contributed by atoms with E-state index in [0.29, 0.717) is 6.08 Å². The number of rotatable bonds is 2. The van der Waals surface area contributed by atoms with Crippen molar-refractivity contribution in [1.29, 1.82) is 0 Å². The van der Waals surface area contributed by atoms with Crippen molar-refractivity contribution in [1.82, 2.24) is 0 Å². The van der Waals surface area contributed by atoms with Gasteiger partial charge in [0.25, 0.3) is 0 Å². The van der Waals surface area contributed by atoms with Crippen LogP contribution in [0.2, 0.25) is 0 Å². The fraction of sp³-hybridized carbons (Fsp3) is 0.200. The van der Waals surface area contributed by atoms with Gasteiger partial charge >= 0.3 is 35.8 Å². The van der Waals surface area contributed by atoms with Crippen LogP contribution in [0.1, 0.15) is 0 Å². The molecule has 0 aliphatic carbocycles. The van der Waals surface area contributed by atoms with Crippen LogP contribution in [0.5, 0.6) is 0 Å². The van der Waals surface area contributed by atoms with Crippen molar-refractivity contribution in [3.05, 3.63) is 12.2 Å². The normalized spacial score (nSPS) is 8.50. The molecule has 5 heteroatoms. The van der Waals surface area contributed by atoms with Gasteiger partial charge in [-0.2, -0.15) is 0 Å². The van der Waals surface area contributed by atoms with Crippen molar-refractivity contribution in [3.8, 4) is 0 Å². The molecular weight excluding hydrogens is 243 g/mol. The van der Waals surface area contributed by atoms with Crippen molar-refractivity contribution in [2.45, 2.75) is 0 Å². The molecule has 0 heterocycles. The van der Waals surface area contributed by atoms with Gasteiger partial charge in [0.15, 0.2) is 0 Å². The van der Waals surface area contributed by atoms with Crippen LogP contribution in [-0.2, 0) is 14.3 Å². The maximum atomic E-state index is 10.1. The van der Waals surface area contributed by atoms with Gasteiger partial charge in [0.2, 0.25) is 0 Å². The first-order chi connectivity index (χ1) is 4.16. The Bertz CT molecular complexity index is 152. The number of carbonyl (C=O) groups is 2.